The summed E-state index contributed by atoms with van der Waals surface area (Å²) in [7, 11) is 0. The Morgan fingerprint density at radius 3 is 3.06 bits per heavy atom. The van der Waals surface area contributed by atoms with Gasteiger partial charge in [0.25, 0.3) is 0 Å². The first-order valence-electron chi connectivity index (χ1n) is 5.30. The lowest BCUT2D eigenvalue weighted by Gasteiger charge is -2.35. The number of benzene rings is 1. The third-order valence-electron chi connectivity index (χ3n) is 2.74. The summed E-state index contributed by atoms with van der Waals surface area (Å²) in [5.74, 6) is 0.175. The van der Waals surface area contributed by atoms with Gasteiger partial charge in [0.15, 0.2) is 0 Å². The number of rotatable bonds is 2. The number of carbonyl (C=O) groups is 1. The highest BCUT2D eigenvalue weighted by molar-refractivity contribution is 7.99. The van der Waals surface area contributed by atoms with E-state index in [-0.39, 0.29) is 12.6 Å². The van der Waals surface area contributed by atoms with E-state index < -0.39 is 5.97 Å². The SMILES string of the molecule is Cc1ccc2c(c1)SCC(C)N2CC(=O)O. The lowest BCUT2D eigenvalue weighted by Crippen LogP contribution is -2.41. The maximum atomic E-state index is 10.8. The van der Waals surface area contributed by atoms with Crippen molar-refractivity contribution in [3.8, 4) is 0 Å². The summed E-state index contributed by atoms with van der Waals surface area (Å²) in [5.41, 5.74) is 2.27. The highest BCUT2D eigenvalue weighted by Gasteiger charge is 2.24. The molecule has 1 aromatic carbocycles. The zero-order valence-corrected chi connectivity index (χ0v) is 10.3. The van der Waals surface area contributed by atoms with Crippen molar-refractivity contribution >= 4 is 23.4 Å². The third kappa shape index (κ3) is 2.16. The smallest absolute Gasteiger partial charge is 0.323 e. The maximum absolute atomic E-state index is 10.8. The van der Waals surface area contributed by atoms with E-state index in [2.05, 4.69) is 19.9 Å². The van der Waals surface area contributed by atoms with Crippen molar-refractivity contribution < 1.29 is 9.90 Å². The molecule has 0 fully saturated rings. The number of carboxylic acids is 1. The normalized spacial score (nSPS) is 19.4. The Morgan fingerprint density at radius 2 is 2.38 bits per heavy atom. The zero-order chi connectivity index (χ0) is 11.7. The van der Waals surface area contributed by atoms with E-state index in [1.165, 1.54) is 10.5 Å². The van der Waals surface area contributed by atoms with Crippen molar-refractivity contribution in [3.05, 3.63) is 23.8 Å². The van der Waals surface area contributed by atoms with Crippen molar-refractivity contribution in [1.82, 2.24) is 0 Å². The highest BCUT2D eigenvalue weighted by Crippen LogP contribution is 2.37. The van der Waals surface area contributed by atoms with Crippen LogP contribution in [0.5, 0.6) is 0 Å². The molecule has 1 unspecified atom stereocenters. The summed E-state index contributed by atoms with van der Waals surface area (Å²) in [6, 6.07) is 6.46. The quantitative estimate of drug-likeness (QED) is 0.857. The molecule has 0 bridgehead atoms. The number of hydrogen-bond acceptors (Lipinski definition) is 3. The van der Waals surface area contributed by atoms with Gasteiger partial charge in [0.1, 0.15) is 6.54 Å². The van der Waals surface area contributed by atoms with Crippen molar-refractivity contribution in [2.24, 2.45) is 0 Å². The number of anilines is 1. The van der Waals surface area contributed by atoms with Crippen LogP contribution in [0.1, 0.15) is 12.5 Å². The predicted molar refractivity (Wildman–Crippen MR) is 66.3 cm³/mol. The molecule has 86 valence electrons. The molecular formula is C12H15NO2S. The van der Waals surface area contributed by atoms with Crippen molar-refractivity contribution in [3.63, 3.8) is 0 Å². The zero-order valence-electron chi connectivity index (χ0n) is 9.43. The van der Waals surface area contributed by atoms with Gasteiger partial charge in [-0.25, -0.2) is 0 Å². The van der Waals surface area contributed by atoms with E-state index in [1.54, 1.807) is 0 Å². The summed E-state index contributed by atoms with van der Waals surface area (Å²) >= 11 is 1.81. The van der Waals surface area contributed by atoms with E-state index in [0.29, 0.717) is 0 Å². The van der Waals surface area contributed by atoms with Gasteiger partial charge >= 0.3 is 5.97 Å². The molecule has 1 aliphatic heterocycles. The van der Waals surface area contributed by atoms with Gasteiger partial charge in [0, 0.05) is 16.7 Å². The topological polar surface area (TPSA) is 40.5 Å². The molecule has 0 radical (unpaired) electrons. The van der Waals surface area contributed by atoms with Crippen molar-refractivity contribution in [2.75, 3.05) is 17.2 Å². The van der Waals surface area contributed by atoms with E-state index in [0.717, 1.165) is 11.4 Å². The van der Waals surface area contributed by atoms with Crippen LogP contribution in [0.3, 0.4) is 0 Å². The number of carboxylic acid groups (broad SMARTS) is 1. The molecule has 2 rings (SSSR count). The lowest BCUT2D eigenvalue weighted by molar-refractivity contribution is -0.135. The summed E-state index contributed by atoms with van der Waals surface area (Å²) < 4.78 is 0. The molecule has 1 aromatic rings. The molecule has 1 heterocycles. The molecule has 0 saturated carbocycles. The monoisotopic (exact) mass is 237 g/mol. The molecule has 0 aromatic heterocycles. The maximum Gasteiger partial charge on any atom is 0.323 e. The number of fused-ring (bicyclic) bond motifs is 1. The summed E-state index contributed by atoms with van der Waals surface area (Å²) in [4.78, 5) is 14.0. The fraction of sp³-hybridized carbons (Fsp3) is 0.417. The minimum absolute atomic E-state index is 0.0811. The Hall–Kier alpha value is -1.16. The summed E-state index contributed by atoms with van der Waals surface area (Å²) in [6.07, 6.45) is 0. The van der Waals surface area contributed by atoms with Gasteiger partial charge in [-0.05, 0) is 31.5 Å². The Bertz CT molecular complexity index is 419. The largest absolute Gasteiger partial charge is 0.480 e. The highest BCUT2D eigenvalue weighted by atomic mass is 32.2. The van der Waals surface area contributed by atoms with E-state index in [9.17, 15) is 4.79 Å². The number of hydrogen-bond donors (Lipinski definition) is 1. The van der Waals surface area contributed by atoms with E-state index >= 15 is 0 Å². The van der Waals surface area contributed by atoms with Crippen LogP contribution < -0.4 is 4.90 Å². The molecule has 0 saturated heterocycles. The third-order valence-corrected chi connectivity index (χ3v) is 4.03. The molecule has 0 amide bonds. The van der Waals surface area contributed by atoms with Gasteiger partial charge < -0.3 is 10.0 Å². The first kappa shape index (κ1) is 11.3. The molecule has 1 aliphatic rings. The Labute approximate surface area is 99.5 Å². The summed E-state index contributed by atoms with van der Waals surface area (Å²) in [5, 5.41) is 8.92. The number of nitrogens with zero attached hydrogens (tertiary/aromatic N) is 1. The molecule has 1 atom stereocenters. The first-order valence-corrected chi connectivity index (χ1v) is 6.28. The number of aryl methyl sites for hydroxylation is 1. The van der Waals surface area contributed by atoms with Crippen molar-refractivity contribution in [1.29, 1.82) is 0 Å². The van der Waals surface area contributed by atoms with Gasteiger partial charge in [-0.2, -0.15) is 0 Å². The van der Waals surface area contributed by atoms with E-state index in [4.69, 9.17) is 5.11 Å². The van der Waals surface area contributed by atoms with Crippen LogP contribution >= 0.6 is 11.8 Å². The Kier molecular flexibility index (Phi) is 3.10. The second-order valence-corrected chi connectivity index (χ2v) is 5.21. The molecule has 0 spiro atoms. The van der Waals surface area contributed by atoms with Gasteiger partial charge in [-0.15, -0.1) is 11.8 Å². The predicted octanol–water partition coefficient (Wildman–Crippen LogP) is 2.38. The van der Waals surface area contributed by atoms with Gasteiger partial charge in [0.2, 0.25) is 0 Å². The minimum atomic E-state index is -0.773. The van der Waals surface area contributed by atoms with Crippen LogP contribution in [0.15, 0.2) is 23.1 Å². The molecule has 0 aliphatic carbocycles. The molecule has 1 N–H and O–H groups in total. The standard InChI is InChI=1S/C12H15NO2S/c1-8-3-4-10-11(5-8)16-7-9(2)13(10)6-12(14)15/h3-5,9H,6-7H2,1-2H3,(H,14,15). The molecule has 4 heteroatoms. The number of aliphatic carboxylic acids is 1. The second-order valence-electron chi connectivity index (χ2n) is 4.15. The van der Waals surface area contributed by atoms with Crippen LogP contribution in [0.4, 0.5) is 5.69 Å². The van der Waals surface area contributed by atoms with E-state index in [1.807, 2.05) is 28.8 Å². The molecule has 3 nitrogen and oxygen atoms in total. The van der Waals surface area contributed by atoms with Crippen molar-refractivity contribution in [2.45, 2.75) is 24.8 Å². The average Bonchev–Trinajstić information content (AvgIpc) is 2.22. The summed E-state index contributed by atoms with van der Waals surface area (Å²) in [6.45, 7) is 4.21. The van der Waals surface area contributed by atoms with Gasteiger partial charge in [-0.3, -0.25) is 4.79 Å². The molecular weight excluding hydrogens is 222 g/mol. The average molecular weight is 237 g/mol. The second kappa shape index (κ2) is 4.37. The Morgan fingerprint density at radius 1 is 1.62 bits per heavy atom. The van der Waals surface area contributed by atoms with Crippen LogP contribution in [-0.4, -0.2) is 29.4 Å². The van der Waals surface area contributed by atoms with Crippen LogP contribution in [0.25, 0.3) is 0 Å². The van der Waals surface area contributed by atoms with Crippen LogP contribution in [0, 0.1) is 6.92 Å². The minimum Gasteiger partial charge on any atom is -0.480 e. The fourth-order valence-electron chi connectivity index (χ4n) is 1.90. The van der Waals surface area contributed by atoms with Crippen LogP contribution in [0.2, 0.25) is 0 Å². The van der Waals surface area contributed by atoms with Crippen LogP contribution in [-0.2, 0) is 4.79 Å². The van der Waals surface area contributed by atoms with Gasteiger partial charge in [0.05, 0.1) is 5.69 Å². The first-order chi connectivity index (χ1) is 7.58. The number of thioether (sulfide) groups is 1. The fourth-order valence-corrected chi connectivity index (χ4v) is 3.10. The van der Waals surface area contributed by atoms with Gasteiger partial charge in [-0.1, -0.05) is 6.07 Å². The Balaban J connectivity index is 2.36. The lowest BCUT2D eigenvalue weighted by atomic mass is 10.2. The molecule has 16 heavy (non-hydrogen) atoms.